The Morgan fingerprint density at radius 2 is 1.81 bits per heavy atom. The van der Waals surface area contributed by atoms with Crippen molar-refractivity contribution in [3.63, 3.8) is 0 Å². The second-order valence-corrected chi connectivity index (χ2v) is 4.39. The first-order valence-electron chi connectivity index (χ1n) is 4.60. The van der Waals surface area contributed by atoms with Crippen LogP contribution in [-0.4, -0.2) is 10.2 Å². The highest BCUT2D eigenvalue weighted by molar-refractivity contribution is 9.10. The molecular formula is C11H8BrClN2O. The Morgan fingerprint density at radius 3 is 2.44 bits per heavy atom. The molecule has 1 aromatic heterocycles. The van der Waals surface area contributed by atoms with Crippen LogP contribution in [0.1, 0.15) is 5.69 Å². The van der Waals surface area contributed by atoms with Gasteiger partial charge in [-0.1, -0.05) is 27.5 Å². The third-order valence-corrected chi connectivity index (χ3v) is 2.62. The Balaban J connectivity index is 1.97. The lowest BCUT2D eigenvalue weighted by molar-refractivity contribution is 0.300. The van der Waals surface area contributed by atoms with E-state index in [1.165, 1.54) is 0 Å². The van der Waals surface area contributed by atoms with Crippen LogP contribution in [0.4, 0.5) is 0 Å². The van der Waals surface area contributed by atoms with Gasteiger partial charge in [0.25, 0.3) is 0 Å². The van der Waals surface area contributed by atoms with E-state index in [4.69, 9.17) is 16.3 Å². The lowest BCUT2D eigenvalue weighted by atomic mass is 10.3. The zero-order chi connectivity index (χ0) is 11.4. The molecule has 0 fully saturated rings. The van der Waals surface area contributed by atoms with Crippen LogP contribution in [0.3, 0.4) is 0 Å². The van der Waals surface area contributed by atoms with Gasteiger partial charge in [-0.2, -0.15) is 5.10 Å². The van der Waals surface area contributed by atoms with Crippen LogP contribution >= 0.6 is 27.5 Å². The number of halogens is 2. The molecule has 1 aromatic carbocycles. The zero-order valence-corrected chi connectivity index (χ0v) is 10.6. The summed E-state index contributed by atoms with van der Waals surface area (Å²) in [7, 11) is 0. The maximum Gasteiger partial charge on any atom is 0.151 e. The summed E-state index contributed by atoms with van der Waals surface area (Å²) in [6.45, 7) is 0.381. The summed E-state index contributed by atoms with van der Waals surface area (Å²) < 4.78 is 6.54. The monoisotopic (exact) mass is 298 g/mol. The number of hydrogen-bond donors (Lipinski definition) is 0. The molecule has 0 atom stereocenters. The molecule has 0 aliphatic heterocycles. The van der Waals surface area contributed by atoms with Crippen molar-refractivity contribution in [2.45, 2.75) is 6.61 Å². The standard InChI is InChI=1S/C11H8BrClN2O/c12-8-1-4-10(5-2-8)16-7-9-3-6-11(13)15-14-9/h1-6H,7H2. The zero-order valence-electron chi connectivity index (χ0n) is 8.23. The second-order valence-electron chi connectivity index (χ2n) is 3.09. The Labute approximate surface area is 107 Å². The molecular weight excluding hydrogens is 291 g/mol. The quantitative estimate of drug-likeness (QED) is 0.870. The highest BCUT2D eigenvalue weighted by Gasteiger charge is 1.98. The van der Waals surface area contributed by atoms with E-state index in [-0.39, 0.29) is 0 Å². The molecule has 0 N–H and O–H groups in total. The van der Waals surface area contributed by atoms with Crippen LogP contribution in [0.5, 0.6) is 5.75 Å². The van der Waals surface area contributed by atoms with Crippen molar-refractivity contribution in [2.75, 3.05) is 0 Å². The molecule has 0 saturated heterocycles. The van der Waals surface area contributed by atoms with Gasteiger partial charge in [-0.15, -0.1) is 5.10 Å². The summed E-state index contributed by atoms with van der Waals surface area (Å²) >= 11 is 8.98. The van der Waals surface area contributed by atoms with Gasteiger partial charge in [0.05, 0.1) is 0 Å². The number of rotatable bonds is 3. The molecule has 2 rings (SSSR count). The van der Waals surface area contributed by atoms with E-state index in [1.54, 1.807) is 12.1 Å². The van der Waals surface area contributed by atoms with E-state index < -0.39 is 0 Å². The summed E-state index contributed by atoms with van der Waals surface area (Å²) in [5.41, 5.74) is 0.743. The first-order chi connectivity index (χ1) is 7.74. The summed E-state index contributed by atoms with van der Waals surface area (Å²) in [5.74, 6) is 0.792. The Hall–Kier alpha value is -1.13. The predicted molar refractivity (Wildman–Crippen MR) is 65.5 cm³/mol. The molecule has 0 bridgehead atoms. The van der Waals surface area contributed by atoms with Gasteiger partial charge in [-0.3, -0.25) is 0 Å². The van der Waals surface area contributed by atoms with Crippen molar-refractivity contribution in [2.24, 2.45) is 0 Å². The predicted octanol–water partition coefficient (Wildman–Crippen LogP) is 3.47. The molecule has 1 heterocycles. The molecule has 82 valence electrons. The lowest BCUT2D eigenvalue weighted by Crippen LogP contribution is -1.99. The van der Waals surface area contributed by atoms with Crippen LogP contribution in [0, 0.1) is 0 Å². The first-order valence-corrected chi connectivity index (χ1v) is 5.77. The van der Waals surface area contributed by atoms with Crippen molar-refractivity contribution >= 4 is 27.5 Å². The average molecular weight is 300 g/mol. The summed E-state index contributed by atoms with van der Waals surface area (Å²) in [5, 5.41) is 8.01. The molecule has 0 aliphatic rings. The second kappa shape index (κ2) is 5.27. The molecule has 0 amide bonds. The SMILES string of the molecule is Clc1ccc(COc2ccc(Br)cc2)nn1. The van der Waals surface area contributed by atoms with E-state index in [2.05, 4.69) is 26.1 Å². The van der Waals surface area contributed by atoms with Gasteiger partial charge in [0.1, 0.15) is 18.1 Å². The van der Waals surface area contributed by atoms with Gasteiger partial charge in [-0.05, 0) is 36.4 Å². The fourth-order valence-electron chi connectivity index (χ4n) is 1.11. The average Bonchev–Trinajstić information content (AvgIpc) is 2.30. The first kappa shape index (κ1) is 11.4. The summed E-state index contributed by atoms with van der Waals surface area (Å²) in [6, 6.07) is 11.1. The molecule has 5 heteroatoms. The maximum atomic E-state index is 5.63. The van der Waals surface area contributed by atoms with Gasteiger partial charge < -0.3 is 4.74 Å². The van der Waals surface area contributed by atoms with E-state index >= 15 is 0 Å². The lowest BCUT2D eigenvalue weighted by Gasteiger charge is -2.04. The van der Waals surface area contributed by atoms with Crippen molar-refractivity contribution in [1.29, 1.82) is 0 Å². The van der Waals surface area contributed by atoms with Crippen molar-refractivity contribution in [3.05, 3.63) is 51.7 Å². The number of aromatic nitrogens is 2. The molecule has 0 aliphatic carbocycles. The van der Waals surface area contributed by atoms with E-state index in [0.717, 1.165) is 15.9 Å². The van der Waals surface area contributed by atoms with Gasteiger partial charge >= 0.3 is 0 Å². The molecule has 0 radical (unpaired) electrons. The van der Waals surface area contributed by atoms with Crippen LogP contribution in [0.25, 0.3) is 0 Å². The normalized spacial score (nSPS) is 10.1. The molecule has 0 unspecified atom stereocenters. The number of nitrogens with zero attached hydrogens (tertiary/aromatic N) is 2. The molecule has 0 spiro atoms. The van der Waals surface area contributed by atoms with Gasteiger partial charge in [0, 0.05) is 4.47 Å². The molecule has 2 aromatic rings. The highest BCUT2D eigenvalue weighted by Crippen LogP contribution is 2.17. The summed E-state index contributed by atoms with van der Waals surface area (Å²) in [4.78, 5) is 0. The number of benzene rings is 1. The number of hydrogen-bond acceptors (Lipinski definition) is 3. The smallest absolute Gasteiger partial charge is 0.151 e. The van der Waals surface area contributed by atoms with Crippen molar-refractivity contribution in [3.8, 4) is 5.75 Å². The Kier molecular flexibility index (Phi) is 3.74. The number of ether oxygens (including phenoxy) is 1. The van der Waals surface area contributed by atoms with Crippen LogP contribution in [0.15, 0.2) is 40.9 Å². The minimum atomic E-state index is 0.381. The molecule has 16 heavy (non-hydrogen) atoms. The highest BCUT2D eigenvalue weighted by atomic mass is 79.9. The van der Waals surface area contributed by atoms with Crippen LogP contribution < -0.4 is 4.74 Å². The van der Waals surface area contributed by atoms with Crippen LogP contribution in [-0.2, 0) is 6.61 Å². The minimum absolute atomic E-state index is 0.381. The van der Waals surface area contributed by atoms with Gasteiger partial charge in [0.2, 0.25) is 0 Å². The third-order valence-electron chi connectivity index (χ3n) is 1.89. The van der Waals surface area contributed by atoms with Crippen molar-refractivity contribution < 1.29 is 4.74 Å². The topological polar surface area (TPSA) is 35.0 Å². The maximum absolute atomic E-state index is 5.63. The van der Waals surface area contributed by atoms with Gasteiger partial charge in [0.15, 0.2) is 5.15 Å². The fraction of sp³-hybridized carbons (Fsp3) is 0.0909. The van der Waals surface area contributed by atoms with Crippen LogP contribution in [0.2, 0.25) is 5.15 Å². The summed E-state index contributed by atoms with van der Waals surface area (Å²) in [6.07, 6.45) is 0. The Morgan fingerprint density at radius 1 is 1.06 bits per heavy atom. The van der Waals surface area contributed by atoms with E-state index in [9.17, 15) is 0 Å². The Bertz CT molecular complexity index is 413. The van der Waals surface area contributed by atoms with E-state index in [0.29, 0.717) is 11.8 Å². The molecule has 0 saturated carbocycles. The fourth-order valence-corrected chi connectivity index (χ4v) is 1.47. The van der Waals surface area contributed by atoms with Crippen molar-refractivity contribution in [1.82, 2.24) is 10.2 Å². The van der Waals surface area contributed by atoms with Gasteiger partial charge in [-0.25, -0.2) is 0 Å². The minimum Gasteiger partial charge on any atom is -0.487 e. The van der Waals surface area contributed by atoms with E-state index in [1.807, 2.05) is 24.3 Å². The largest absolute Gasteiger partial charge is 0.487 e. The third kappa shape index (κ3) is 3.18. The molecule has 3 nitrogen and oxygen atoms in total.